The molecule has 1 atom stereocenters. The zero-order valence-electron chi connectivity index (χ0n) is 10.9. The van der Waals surface area contributed by atoms with Crippen molar-refractivity contribution in [1.82, 2.24) is 4.98 Å². The molecule has 1 aliphatic carbocycles. The van der Waals surface area contributed by atoms with Crippen molar-refractivity contribution in [2.75, 3.05) is 0 Å². The third-order valence-corrected chi connectivity index (χ3v) is 3.53. The first-order valence-electron chi connectivity index (χ1n) is 6.56. The van der Waals surface area contributed by atoms with E-state index >= 15 is 0 Å². The number of hydrogen-bond donors (Lipinski definition) is 1. The highest BCUT2D eigenvalue weighted by atomic mass is 14.8. The van der Waals surface area contributed by atoms with Crippen LogP contribution in [0, 0.1) is 13.8 Å². The summed E-state index contributed by atoms with van der Waals surface area (Å²) in [7, 11) is 0. The molecule has 92 valence electrons. The molecule has 2 N–H and O–H groups in total. The van der Waals surface area contributed by atoms with Gasteiger partial charge >= 0.3 is 0 Å². The molecule has 1 heterocycles. The van der Waals surface area contributed by atoms with Crippen LogP contribution in [0.25, 0.3) is 0 Å². The van der Waals surface area contributed by atoms with Crippen LogP contribution in [0.2, 0.25) is 0 Å². The number of hydrogen-bond acceptors (Lipinski definition) is 2. The third-order valence-electron chi connectivity index (χ3n) is 3.53. The molecule has 0 saturated heterocycles. The molecule has 0 aliphatic heterocycles. The minimum absolute atomic E-state index is 0.00583. The summed E-state index contributed by atoms with van der Waals surface area (Å²) in [5.74, 6) is 0. The van der Waals surface area contributed by atoms with Crippen molar-refractivity contribution in [1.29, 1.82) is 0 Å². The summed E-state index contributed by atoms with van der Waals surface area (Å²) < 4.78 is 0. The monoisotopic (exact) mass is 230 g/mol. The smallest absolute Gasteiger partial charge is 0.0688 e. The summed E-state index contributed by atoms with van der Waals surface area (Å²) >= 11 is 0. The molecule has 0 bridgehead atoms. The topological polar surface area (TPSA) is 38.9 Å². The quantitative estimate of drug-likeness (QED) is 0.789. The van der Waals surface area contributed by atoms with E-state index in [1.165, 1.54) is 42.4 Å². The largest absolute Gasteiger partial charge is 0.319 e. The highest BCUT2D eigenvalue weighted by molar-refractivity contribution is 5.31. The lowest BCUT2D eigenvalue weighted by Gasteiger charge is -2.17. The van der Waals surface area contributed by atoms with Crippen molar-refractivity contribution in [3.63, 3.8) is 0 Å². The Morgan fingerprint density at radius 3 is 2.82 bits per heavy atom. The van der Waals surface area contributed by atoms with Gasteiger partial charge < -0.3 is 5.73 Å². The molecule has 0 spiro atoms. The van der Waals surface area contributed by atoms with Gasteiger partial charge in [0.15, 0.2) is 0 Å². The van der Waals surface area contributed by atoms with Crippen molar-refractivity contribution in [2.45, 2.75) is 52.0 Å². The molecule has 0 amide bonds. The minimum atomic E-state index is -0.00583. The Morgan fingerprint density at radius 1 is 1.24 bits per heavy atom. The third kappa shape index (κ3) is 2.95. The van der Waals surface area contributed by atoms with E-state index in [0.717, 1.165) is 12.1 Å². The summed E-state index contributed by atoms with van der Waals surface area (Å²) in [5, 5.41) is 0. The summed E-state index contributed by atoms with van der Waals surface area (Å²) in [4.78, 5) is 4.52. The first kappa shape index (κ1) is 12.3. The van der Waals surface area contributed by atoms with Crippen molar-refractivity contribution in [3.8, 4) is 0 Å². The number of allylic oxidation sites excluding steroid dienone is 1. The van der Waals surface area contributed by atoms with Crippen LogP contribution in [-0.2, 0) is 0 Å². The van der Waals surface area contributed by atoms with Crippen LogP contribution in [0.5, 0.6) is 0 Å². The Bertz CT molecular complexity index is 421. The second-order valence-electron chi connectivity index (χ2n) is 5.07. The first-order chi connectivity index (χ1) is 8.18. The Labute approximate surface area is 104 Å². The van der Waals surface area contributed by atoms with Crippen molar-refractivity contribution in [2.24, 2.45) is 5.73 Å². The van der Waals surface area contributed by atoms with Crippen molar-refractivity contribution >= 4 is 0 Å². The van der Waals surface area contributed by atoms with Crippen LogP contribution in [0.15, 0.2) is 23.9 Å². The molecule has 0 fully saturated rings. The van der Waals surface area contributed by atoms with Crippen molar-refractivity contribution < 1.29 is 0 Å². The van der Waals surface area contributed by atoms with E-state index < -0.39 is 0 Å². The van der Waals surface area contributed by atoms with Gasteiger partial charge in [-0.25, -0.2) is 0 Å². The van der Waals surface area contributed by atoms with Gasteiger partial charge in [0.1, 0.15) is 0 Å². The maximum atomic E-state index is 6.36. The van der Waals surface area contributed by atoms with Crippen LogP contribution < -0.4 is 5.73 Å². The molecule has 17 heavy (non-hydrogen) atoms. The van der Waals surface area contributed by atoms with Crippen LogP contribution in [0.1, 0.15) is 55.0 Å². The molecular formula is C15H22N2. The molecule has 1 aromatic rings. The molecule has 2 rings (SSSR count). The number of rotatable bonds is 2. The standard InChI is InChI=1S/C15H22N2/c1-11-9-12(2)15(17-10-11)14(16)13-7-5-3-4-6-8-13/h7,9-10,14H,3-6,8,16H2,1-2H3. The zero-order valence-corrected chi connectivity index (χ0v) is 10.9. The molecular weight excluding hydrogens is 208 g/mol. The predicted octanol–water partition coefficient (Wildman–Crippen LogP) is 3.59. The second kappa shape index (κ2) is 5.46. The van der Waals surface area contributed by atoms with Gasteiger partial charge in [0.2, 0.25) is 0 Å². The van der Waals surface area contributed by atoms with E-state index in [9.17, 15) is 0 Å². The van der Waals surface area contributed by atoms with Crippen LogP contribution in [0.4, 0.5) is 0 Å². The lowest BCUT2D eigenvalue weighted by molar-refractivity contribution is 0.680. The van der Waals surface area contributed by atoms with E-state index in [1.807, 2.05) is 6.20 Å². The van der Waals surface area contributed by atoms with Gasteiger partial charge in [0, 0.05) is 6.20 Å². The first-order valence-corrected chi connectivity index (χ1v) is 6.56. The zero-order chi connectivity index (χ0) is 12.3. The Kier molecular flexibility index (Phi) is 3.95. The average molecular weight is 230 g/mol. The van der Waals surface area contributed by atoms with Crippen LogP contribution in [0.3, 0.4) is 0 Å². The van der Waals surface area contributed by atoms with Gasteiger partial charge in [-0.05, 0) is 50.7 Å². The molecule has 1 unspecified atom stereocenters. The number of nitrogens with zero attached hydrogens (tertiary/aromatic N) is 1. The Balaban J connectivity index is 2.23. The van der Waals surface area contributed by atoms with Gasteiger partial charge in [0.25, 0.3) is 0 Å². The fourth-order valence-corrected chi connectivity index (χ4v) is 2.55. The van der Waals surface area contributed by atoms with E-state index in [0.29, 0.717) is 0 Å². The molecule has 0 radical (unpaired) electrons. The number of pyridine rings is 1. The number of aromatic nitrogens is 1. The maximum Gasteiger partial charge on any atom is 0.0688 e. The molecule has 0 saturated carbocycles. The fraction of sp³-hybridized carbons (Fsp3) is 0.533. The van der Waals surface area contributed by atoms with E-state index in [4.69, 9.17) is 5.73 Å². The van der Waals surface area contributed by atoms with Gasteiger partial charge in [-0.1, -0.05) is 24.1 Å². The highest BCUT2D eigenvalue weighted by Gasteiger charge is 2.16. The average Bonchev–Trinajstić information content (AvgIpc) is 2.56. The lowest BCUT2D eigenvalue weighted by Crippen LogP contribution is -2.16. The Hall–Kier alpha value is -1.15. The normalized spacial score (nSPS) is 18.4. The van der Waals surface area contributed by atoms with Gasteiger partial charge in [-0.15, -0.1) is 0 Å². The molecule has 2 nitrogen and oxygen atoms in total. The lowest BCUT2D eigenvalue weighted by atomic mass is 9.96. The van der Waals surface area contributed by atoms with E-state index in [-0.39, 0.29) is 6.04 Å². The summed E-state index contributed by atoms with van der Waals surface area (Å²) in [6.07, 6.45) is 10.5. The number of nitrogens with two attached hydrogens (primary N) is 1. The molecule has 0 aromatic carbocycles. The second-order valence-corrected chi connectivity index (χ2v) is 5.07. The fourth-order valence-electron chi connectivity index (χ4n) is 2.55. The number of aryl methyl sites for hydroxylation is 2. The van der Waals surface area contributed by atoms with Gasteiger partial charge in [-0.2, -0.15) is 0 Å². The van der Waals surface area contributed by atoms with Gasteiger partial charge in [0.05, 0.1) is 11.7 Å². The molecule has 2 heteroatoms. The maximum absolute atomic E-state index is 6.36. The van der Waals surface area contributed by atoms with Gasteiger partial charge in [-0.3, -0.25) is 4.98 Å². The van der Waals surface area contributed by atoms with Crippen molar-refractivity contribution in [3.05, 3.63) is 40.7 Å². The summed E-state index contributed by atoms with van der Waals surface area (Å²) in [5.41, 5.74) is 11.2. The molecule has 1 aliphatic rings. The highest BCUT2D eigenvalue weighted by Crippen LogP contribution is 2.28. The molecule has 1 aromatic heterocycles. The van der Waals surface area contributed by atoms with E-state index in [1.54, 1.807) is 0 Å². The SMILES string of the molecule is Cc1cnc(C(N)C2=CCCCCC2)c(C)c1. The minimum Gasteiger partial charge on any atom is -0.319 e. The summed E-state index contributed by atoms with van der Waals surface area (Å²) in [6, 6.07) is 2.16. The predicted molar refractivity (Wildman–Crippen MR) is 71.8 cm³/mol. The van der Waals surface area contributed by atoms with Crippen LogP contribution in [-0.4, -0.2) is 4.98 Å². The van der Waals surface area contributed by atoms with Crippen LogP contribution >= 0.6 is 0 Å². The van der Waals surface area contributed by atoms with E-state index in [2.05, 4.69) is 31.0 Å². The summed E-state index contributed by atoms with van der Waals surface area (Å²) in [6.45, 7) is 4.17. The Morgan fingerprint density at radius 2 is 2.06 bits per heavy atom.